The maximum atomic E-state index is 12.7. The van der Waals surface area contributed by atoms with E-state index in [1.165, 1.54) is 0 Å². The molecule has 0 spiro atoms. The summed E-state index contributed by atoms with van der Waals surface area (Å²) in [4.78, 5) is 14.7. The zero-order valence-electron chi connectivity index (χ0n) is 14.5. The second-order valence-electron chi connectivity index (χ2n) is 6.20. The van der Waals surface area contributed by atoms with E-state index in [0.717, 1.165) is 17.8 Å². The maximum Gasteiger partial charge on any atom is 0.251 e. The normalized spacial score (nSPS) is 12.1. The molecule has 0 saturated carbocycles. The lowest BCUT2D eigenvalue weighted by molar-refractivity contribution is 0.0930. The fourth-order valence-electron chi connectivity index (χ4n) is 2.71. The van der Waals surface area contributed by atoms with Crippen LogP contribution in [0.1, 0.15) is 22.0 Å². The molecule has 1 aromatic heterocycles. The molecule has 128 valence electrons. The predicted octanol–water partition coefficient (Wildman–Crippen LogP) is 2.91. The Balaban J connectivity index is 1.74. The first-order chi connectivity index (χ1) is 12.1. The van der Waals surface area contributed by atoms with Gasteiger partial charge in [0.05, 0.1) is 11.7 Å². The number of nitrogens with zero attached hydrogens (tertiary/aromatic N) is 3. The van der Waals surface area contributed by atoms with Gasteiger partial charge in [0.25, 0.3) is 5.91 Å². The van der Waals surface area contributed by atoms with Crippen LogP contribution >= 0.6 is 0 Å². The zero-order chi connectivity index (χ0) is 17.6. The van der Waals surface area contributed by atoms with Gasteiger partial charge in [0.15, 0.2) is 0 Å². The van der Waals surface area contributed by atoms with Crippen LogP contribution in [-0.2, 0) is 0 Å². The molecular weight excluding hydrogens is 312 g/mol. The Morgan fingerprint density at radius 3 is 2.40 bits per heavy atom. The molecule has 0 radical (unpaired) electrons. The summed E-state index contributed by atoms with van der Waals surface area (Å²) in [5.41, 5.74) is 2.66. The van der Waals surface area contributed by atoms with Gasteiger partial charge in [-0.3, -0.25) is 4.79 Å². The third-order valence-electron chi connectivity index (χ3n) is 3.95. The molecule has 0 fully saturated rings. The number of amides is 1. The highest BCUT2D eigenvalue weighted by Gasteiger charge is 2.16. The Morgan fingerprint density at radius 1 is 1.08 bits per heavy atom. The van der Waals surface area contributed by atoms with E-state index in [4.69, 9.17) is 0 Å². The van der Waals surface area contributed by atoms with Gasteiger partial charge in [0, 0.05) is 24.5 Å². The monoisotopic (exact) mass is 334 g/mol. The van der Waals surface area contributed by atoms with Crippen molar-refractivity contribution in [3.8, 4) is 5.69 Å². The number of carbonyl (C=O) groups is 1. The molecule has 1 N–H and O–H groups in total. The predicted molar refractivity (Wildman–Crippen MR) is 98.8 cm³/mol. The van der Waals surface area contributed by atoms with E-state index in [-0.39, 0.29) is 11.9 Å². The number of rotatable bonds is 6. The Kier molecular flexibility index (Phi) is 5.26. The highest BCUT2D eigenvalue weighted by molar-refractivity contribution is 5.94. The van der Waals surface area contributed by atoms with E-state index < -0.39 is 0 Å². The first-order valence-corrected chi connectivity index (χ1v) is 8.24. The molecule has 0 bridgehead atoms. The van der Waals surface area contributed by atoms with Crippen LogP contribution in [0.2, 0.25) is 0 Å². The van der Waals surface area contributed by atoms with Gasteiger partial charge in [0.2, 0.25) is 0 Å². The lowest BCUT2D eigenvalue weighted by atomic mass is 10.1. The van der Waals surface area contributed by atoms with E-state index in [1.807, 2.05) is 81.0 Å². The molecule has 0 aliphatic carbocycles. The molecule has 25 heavy (non-hydrogen) atoms. The Morgan fingerprint density at radius 2 is 1.80 bits per heavy atom. The smallest absolute Gasteiger partial charge is 0.251 e. The fraction of sp³-hybridized carbons (Fsp3) is 0.200. The van der Waals surface area contributed by atoms with Crippen molar-refractivity contribution < 1.29 is 4.79 Å². The highest BCUT2D eigenvalue weighted by atomic mass is 16.1. The van der Waals surface area contributed by atoms with Gasteiger partial charge in [-0.2, -0.15) is 5.10 Å². The first kappa shape index (κ1) is 16.9. The minimum atomic E-state index is -0.0808. The molecule has 1 amide bonds. The van der Waals surface area contributed by atoms with Gasteiger partial charge in [-0.25, -0.2) is 4.68 Å². The van der Waals surface area contributed by atoms with Crippen LogP contribution in [0, 0.1) is 0 Å². The number of benzene rings is 2. The van der Waals surface area contributed by atoms with Gasteiger partial charge < -0.3 is 10.2 Å². The van der Waals surface area contributed by atoms with E-state index in [0.29, 0.717) is 5.56 Å². The summed E-state index contributed by atoms with van der Waals surface area (Å²) in [5, 5.41) is 7.32. The van der Waals surface area contributed by atoms with Crippen molar-refractivity contribution in [2.45, 2.75) is 6.04 Å². The van der Waals surface area contributed by atoms with Gasteiger partial charge in [-0.05, 0) is 50.0 Å². The lowest BCUT2D eigenvalue weighted by Gasteiger charge is -2.23. The van der Waals surface area contributed by atoms with Crippen LogP contribution in [0.3, 0.4) is 0 Å². The molecule has 0 aliphatic heterocycles. The zero-order valence-corrected chi connectivity index (χ0v) is 14.5. The second kappa shape index (κ2) is 7.77. The average Bonchev–Trinajstić information content (AvgIpc) is 3.16. The SMILES string of the molecule is CN(C)C[C@@H](NC(=O)c1ccc(-n2cccn2)cc1)c1ccccc1. The summed E-state index contributed by atoms with van der Waals surface area (Å²) in [5.74, 6) is -0.0808. The van der Waals surface area contributed by atoms with Crippen molar-refractivity contribution in [1.29, 1.82) is 0 Å². The van der Waals surface area contributed by atoms with Gasteiger partial charge in [-0.1, -0.05) is 30.3 Å². The molecule has 3 rings (SSSR count). The maximum absolute atomic E-state index is 12.7. The van der Waals surface area contributed by atoms with E-state index in [1.54, 1.807) is 10.9 Å². The third-order valence-corrected chi connectivity index (χ3v) is 3.95. The molecule has 1 heterocycles. The summed E-state index contributed by atoms with van der Waals surface area (Å²) in [6, 6.07) is 19.3. The number of likely N-dealkylation sites (N-methyl/N-ethyl adjacent to an activating group) is 1. The van der Waals surface area contributed by atoms with E-state index in [2.05, 4.69) is 15.3 Å². The highest BCUT2D eigenvalue weighted by Crippen LogP contribution is 2.15. The van der Waals surface area contributed by atoms with E-state index >= 15 is 0 Å². The number of hydrogen-bond acceptors (Lipinski definition) is 3. The van der Waals surface area contributed by atoms with E-state index in [9.17, 15) is 4.79 Å². The standard InChI is InChI=1S/C20H22N4O/c1-23(2)15-19(16-7-4-3-5-8-16)22-20(25)17-9-11-18(12-10-17)24-14-6-13-21-24/h3-14,19H,15H2,1-2H3,(H,22,25)/t19-/m1/s1. The van der Waals surface area contributed by atoms with Crippen molar-refractivity contribution in [3.63, 3.8) is 0 Å². The average molecular weight is 334 g/mol. The number of aromatic nitrogens is 2. The van der Waals surface area contributed by atoms with Gasteiger partial charge in [-0.15, -0.1) is 0 Å². The molecule has 5 nitrogen and oxygen atoms in total. The van der Waals surface area contributed by atoms with Crippen molar-refractivity contribution in [3.05, 3.63) is 84.2 Å². The van der Waals surface area contributed by atoms with Crippen molar-refractivity contribution in [2.24, 2.45) is 0 Å². The molecule has 5 heteroatoms. The summed E-state index contributed by atoms with van der Waals surface area (Å²) in [6.07, 6.45) is 3.60. The second-order valence-corrected chi connectivity index (χ2v) is 6.20. The van der Waals surface area contributed by atoms with Crippen molar-refractivity contribution in [1.82, 2.24) is 20.0 Å². The Hall–Kier alpha value is -2.92. The van der Waals surface area contributed by atoms with Crippen LogP contribution in [0.5, 0.6) is 0 Å². The van der Waals surface area contributed by atoms with Crippen molar-refractivity contribution >= 4 is 5.91 Å². The summed E-state index contributed by atoms with van der Waals surface area (Å²) < 4.78 is 1.76. The molecule has 0 saturated heterocycles. The molecular formula is C20H22N4O. The molecule has 0 unspecified atom stereocenters. The summed E-state index contributed by atoms with van der Waals surface area (Å²) in [7, 11) is 4.00. The lowest BCUT2D eigenvalue weighted by Crippen LogP contribution is -2.35. The summed E-state index contributed by atoms with van der Waals surface area (Å²) >= 11 is 0. The molecule has 1 atom stereocenters. The van der Waals surface area contributed by atoms with Crippen LogP contribution in [0.15, 0.2) is 73.1 Å². The first-order valence-electron chi connectivity index (χ1n) is 8.24. The largest absolute Gasteiger partial charge is 0.344 e. The van der Waals surface area contributed by atoms with Crippen molar-refractivity contribution in [2.75, 3.05) is 20.6 Å². The molecule has 0 aliphatic rings. The fourth-order valence-corrected chi connectivity index (χ4v) is 2.71. The topological polar surface area (TPSA) is 50.2 Å². The summed E-state index contributed by atoms with van der Waals surface area (Å²) in [6.45, 7) is 0.737. The van der Waals surface area contributed by atoms with Crippen LogP contribution < -0.4 is 5.32 Å². The number of nitrogens with one attached hydrogen (secondary N) is 1. The quantitative estimate of drug-likeness (QED) is 0.754. The third kappa shape index (κ3) is 4.33. The Bertz CT molecular complexity index is 795. The van der Waals surface area contributed by atoms with Crippen LogP contribution in [-0.4, -0.2) is 41.2 Å². The minimum absolute atomic E-state index is 0.0607. The minimum Gasteiger partial charge on any atom is -0.344 e. The Labute approximate surface area is 147 Å². The van der Waals surface area contributed by atoms with Crippen LogP contribution in [0.4, 0.5) is 0 Å². The van der Waals surface area contributed by atoms with Gasteiger partial charge >= 0.3 is 0 Å². The van der Waals surface area contributed by atoms with Crippen LogP contribution in [0.25, 0.3) is 5.69 Å². The number of carbonyl (C=O) groups excluding carboxylic acids is 1. The number of hydrogen-bond donors (Lipinski definition) is 1. The molecule has 3 aromatic rings. The molecule has 2 aromatic carbocycles. The van der Waals surface area contributed by atoms with Gasteiger partial charge in [0.1, 0.15) is 0 Å².